The van der Waals surface area contributed by atoms with E-state index in [2.05, 4.69) is 4.18 Å². The fourth-order valence-electron chi connectivity index (χ4n) is 0.0630. The topological polar surface area (TPSA) is 46.5 Å². The van der Waals surface area contributed by atoms with E-state index >= 15 is 0 Å². The molecule has 0 bridgehead atoms. The molecule has 0 rings (SSSR count). The lowest BCUT2D eigenvalue weighted by Gasteiger charge is -1.93. The van der Waals surface area contributed by atoms with Crippen molar-refractivity contribution in [3.05, 3.63) is 0 Å². The fourth-order valence-corrected chi connectivity index (χ4v) is 0.189. The Kier molecular flexibility index (Phi) is 2.32. The Morgan fingerprint density at radius 3 is 2.12 bits per heavy atom. The van der Waals surface area contributed by atoms with E-state index in [0.29, 0.717) is 0 Å². The molecule has 1 unspecified atom stereocenters. The molecular weight excluding hydrogens is 142 g/mol. The average molecular weight is 146 g/mol. The summed E-state index contributed by atoms with van der Waals surface area (Å²) in [5, 5.41) is -2.61. The van der Waals surface area contributed by atoms with Crippen LogP contribution < -0.4 is 0 Å². The first-order chi connectivity index (χ1) is 3.50. The molecule has 0 heterocycles. The molecule has 1 atom stereocenters. The van der Waals surface area contributed by atoms with Crippen LogP contribution in [0, 0.1) is 0 Å². The molecule has 8 heavy (non-hydrogen) atoms. The predicted molar refractivity (Wildman–Crippen MR) is 25.0 cm³/mol. The molecule has 6 heteroatoms. The molecule has 1 N–H and O–H groups in total. The van der Waals surface area contributed by atoms with E-state index in [1.807, 2.05) is 0 Å². The third-order valence-corrected chi connectivity index (χ3v) is 1.26. The standard InChI is InChI=1S/C2H4F2O3S/c1-7-8(5,6)2(3)4/h1H3,(H,5,6). The van der Waals surface area contributed by atoms with Gasteiger partial charge in [-0.3, -0.25) is 8.74 Å². The maximum atomic E-state index is 11.1. The molecule has 0 aromatic carbocycles. The predicted octanol–water partition coefficient (Wildman–Crippen LogP) is 0.332. The first kappa shape index (κ1) is 7.80. The largest absolute Gasteiger partial charge is 0.372 e. The van der Waals surface area contributed by atoms with Crippen LogP contribution in [-0.4, -0.2) is 21.2 Å². The van der Waals surface area contributed by atoms with Gasteiger partial charge < -0.3 is 0 Å². The first-order valence-electron chi connectivity index (χ1n) is 1.51. The van der Waals surface area contributed by atoms with Crippen molar-refractivity contribution in [2.24, 2.45) is 0 Å². The molecule has 0 saturated carbocycles. The van der Waals surface area contributed by atoms with Gasteiger partial charge in [-0.05, 0) is 0 Å². The van der Waals surface area contributed by atoms with E-state index in [0.717, 1.165) is 7.11 Å². The number of halogens is 2. The summed E-state index contributed by atoms with van der Waals surface area (Å²) in [6.07, 6.45) is 0. The lowest BCUT2D eigenvalue weighted by molar-refractivity contribution is 0.367. The molecule has 0 saturated heterocycles. The van der Waals surface area contributed by atoms with Crippen LogP contribution in [0.2, 0.25) is 0 Å². The van der Waals surface area contributed by atoms with Crippen molar-refractivity contribution in [1.29, 1.82) is 0 Å². The minimum absolute atomic E-state index is 0.724. The summed E-state index contributed by atoms with van der Waals surface area (Å²) in [5.41, 5.74) is 0. The maximum absolute atomic E-state index is 11.1. The molecule has 0 radical (unpaired) electrons. The third kappa shape index (κ3) is 1.73. The van der Waals surface area contributed by atoms with Crippen LogP contribution in [-0.2, 0) is 14.3 Å². The zero-order chi connectivity index (χ0) is 6.78. The summed E-state index contributed by atoms with van der Waals surface area (Å²) >= 11 is 0. The highest BCUT2D eigenvalue weighted by Gasteiger charge is 2.07. The smallest absolute Gasteiger partial charge is 0.289 e. The summed E-state index contributed by atoms with van der Waals surface area (Å²) in [5.74, 6) is 0. The Bertz CT molecular complexity index is 176. The minimum atomic E-state index is -4.40. The van der Waals surface area contributed by atoms with E-state index in [-0.39, 0.29) is 0 Å². The fraction of sp³-hybridized carbons (Fsp3) is 0.500. The molecule has 0 aromatic heterocycles. The molecular formula is C2H4F2O3S. The quantitative estimate of drug-likeness (QED) is 0.428. The molecule has 0 fully saturated rings. The summed E-state index contributed by atoms with van der Waals surface area (Å²) in [4.78, 5) is 0. The number of hydrogen-bond acceptors (Lipinski definition) is 2. The lowest BCUT2D eigenvalue weighted by Crippen LogP contribution is -2.06. The Morgan fingerprint density at radius 2 is 2.12 bits per heavy atom. The van der Waals surface area contributed by atoms with E-state index in [4.69, 9.17) is 4.55 Å². The second-order valence-electron chi connectivity index (χ2n) is 0.867. The van der Waals surface area contributed by atoms with Crippen LogP contribution in [0.1, 0.15) is 0 Å². The Morgan fingerprint density at radius 1 is 1.75 bits per heavy atom. The van der Waals surface area contributed by atoms with E-state index in [1.54, 1.807) is 0 Å². The van der Waals surface area contributed by atoms with Crippen LogP contribution in [0.4, 0.5) is 8.78 Å². The molecule has 0 spiro atoms. The second-order valence-corrected chi connectivity index (χ2v) is 2.46. The van der Waals surface area contributed by atoms with Crippen molar-refractivity contribution in [3.63, 3.8) is 0 Å². The lowest BCUT2D eigenvalue weighted by atomic mass is 11.7. The molecule has 0 aliphatic rings. The van der Waals surface area contributed by atoms with Gasteiger partial charge in [0.05, 0.1) is 7.11 Å². The van der Waals surface area contributed by atoms with Gasteiger partial charge in [0.15, 0.2) is 0 Å². The van der Waals surface area contributed by atoms with Gasteiger partial charge in [-0.25, -0.2) is 4.21 Å². The van der Waals surface area contributed by atoms with Gasteiger partial charge >= 0.3 is 5.37 Å². The third-order valence-electron chi connectivity index (χ3n) is 0.421. The van der Waals surface area contributed by atoms with Crippen LogP contribution in [0.3, 0.4) is 0 Å². The Hall–Kier alpha value is -0.200. The highest BCUT2D eigenvalue weighted by atomic mass is 32.2. The van der Waals surface area contributed by atoms with E-state index < -0.39 is 15.5 Å². The summed E-state index contributed by atoms with van der Waals surface area (Å²) in [6, 6.07) is 0. The van der Waals surface area contributed by atoms with Crippen molar-refractivity contribution in [2.75, 3.05) is 7.11 Å². The summed E-state index contributed by atoms with van der Waals surface area (Å²) < 4.78 is 43.4. The summed E-state index contributed by atoms with van der Waals surface area (Å²) in [6.45, 7) is 0. The highest BCUT2D eigenvalue weighted by Crippen LogP contribution is 1.92. The van der Waals surface area contributed by atoms with Crippen molar-refractivity contribution in [3.8, 4) is 0 Å². The van der Waals surface area contributed by atoms with Gasteiger partial charge in [-0.1, -0.05) is 0 Å². The van der Waals surface area contributed by atoms with Gasteiger partial charge in [0.2, 0.25) is 0 Å². The van der Waals surface area contributed by atoms with Gasteiger partial charge in [-0.15, -0.1) is 0 Å². The van der Waals surface area contributed by atoms with Crippen molar-refractivity contribution >= 4 is 15.5 Å². The van der Waals surface area contributed by atoms with Gasteiger partial charge in [0.1, 0.15) is 0 Å². The van der Waals surface area contributed by atoms with Gasteiger partial charge in [-0.2, -0.15) is 8.78 Å². The minimum Gasteiger partial charge on any atom is -0.289 e. The van der Waals surface area contributed by atoms with Crippen LogP contribution in [0.5, 0.6) is 0 Å². The van der Waals surface area contributed by atoms with E-state index in [1.165, 1.54) is 0 Å². The molecule has 0 aromatic rings. The zero-order valence-electron chi connectivity index (χ0n) is 3.93. The molecule has 0 aliphatic heterocycles. The van der Waals surface area contributed by atoms with Crippen LogP contribution in [0.25, 0.3) is 0 Å². The van der Waals surface area contributed by atoms with Gasteiger partial charge in [0.25, 0.3) is 10.1 Å². The second kappa shape index (κ2) is 2.38. The van der Waals surface area contributed by atoms with Crippen molar-refractivity contribution in [2.45, 2.75) is 0 Å². The van der Waals surface area contributed by atoms with Gasteiger partial charge in [0, 0.05) is 0 Å². The number of hydrogen-bond donors (Lipinski definition) is 1. The SMILES string of the molecule is COS(=O)(O)=C(F)F. The van der Waals surface area contributed by atoms with E-state index in [9.17, 15) is 13.0 Å². The first-order valence-corrected chi connectivity index (χ1v) is 2.95. The molecule has 3 nitrogen and oxygen atoms in total. The Balaban J connectivity index is 4.63. The molecule has 50 valence electrons. The van der Waals surface area contributed by atoms with Crippen molar-refractivity contribution in [1.82, 2.24) is 0 Å². The number of rotatable bonds is 1. The Labute approximate surface area is 45.3 Å². The summed E-state index contributed by atoms with van der Waals surface area (Å²) in [7, 11) is -3.68. The molecule has 0 aliphatic carbocycles. The molecule has 0 amide bonds. The highest BCUT2D eigenvalue weighted by molar-refractivity contribution is 7.92. The van der Waals surface area contributed by atoms with Crippen LogP contribution in [0.15, 0.2) is 0 Å². The van der Waals surface area contributed by atoms with Crippen LogP contribution >= 0.6 is 0 Å². The zero-order valence-corrected chi connectivity index (χ0v) is 4.74. The monoisotopic (exact) mass is 146 g/mol. The normalized spacial score (nSPS) is 17.5. The average Bonchev–Trinajstić information content (AvgIpc) is 1.67. The maximum Gasteiger partial charge on any atom is 0.372 e. The van der Waals surface area contributed by atoms with Crippen molar-refractivity contribution < 1.29 is 21.7 Å².